The molecule has 0 aliphatic heterocycles. The number of nitrogens with one attached hydrogen (secondary N) is 1. The van der Waals surface area contributed by atoms with Gasteiger partial charge in [0.25, 0.3) is 0 Å². The smallest absolute Gasteiger partial charge is 0.209 e. The van der Waals surface area contributed by atoms with Gasteiger partial charge in [0.05, 0.1) is 18.0 Å². The second-order valence-electron chi connectivity index (χ2n) is 5.71. The van der Waals surface area contributed by atoms with Crippen LogP contribution in [0.5, 0.6) is 0 Å². The Kier molecular flexibility index (Phi) is 6.90. The van der Waals surface area contributed by atoms with Crippen LogP contribution in [0.3, 0.4) is 0 Å². The van der Waals surface area contributed by atoms with Crippen molar-refractivity contribution in [2.45, 2.75) is 24.4 Å². The fraction of sp³-hybridized carbons (Fsp3) is 0.150. The minimum Gasteiger partial charge on any atom is -0.274 e. The molecule has 0 radical (unpaired) electrons. The number of hydrogen-bond donors (Lipinski definition) is 1. The maximum Gasteiger partial charge on any atom is 0.209 e. The average molecular weight is 382 g/mol. The van der Waals surface area contributed by atoms with Crippen molar-refractivity contribution in [3.8, 4) is 0 Å². The number of hydrogen-bond acceptors (Lipinski definition) is 6. The number of nitrogens with zero attached hydrogens (tertiary/aromatic N) is 3. The van der Waals surface area contributed by atoms with Gasteiger partial charge in [-0.2, -0.15) is 5.10 Å². The summed E-state index contributed by atoms with van der Waals surface area (Å²) < 4.78 is 12.9. The average Bonchev–Trinajstić information content (AvgIpc) is 2.70. The maximum atomic E-state index is 12.9. The Bertz CT molecular complexity index is 888. The van der Waals surface area contributed by atoms with Gasteiger partial charge in [0.15, 0.2) is 0 Å². The Morgan fingerprint density at radius 1 is 1.04 bits per heavy atom. The van der Waals surface area contributed by atoms with Gasteiger partial charge in [0.1, 0.15) is 5.82 Å². The Morgan fingerprint density at radius 3 is 2.59 bits per heavy atom. The number of aromatic nitrogens is 3. The molecule has 27 heavy (non-hydrogen) atoms. The summed E-state index contributed by atoms with van der Waals surface area (Å²) >= 11 is 1.54. The second kappa shape index (κ2) is 9.80. The molecule has 7 heteroatoms. The molecule has 1 N–H and O–H groups in total. The number of halogens is 1. The first-order chi connectivity index (χ1) is 13.2. The highest BCUT2D eigenvalue weighted by Gasteiger charge is 2.04. The summed E-state index contributed by atoms with van der Waals surface area (Å²) in [5.74, 6) is 0.521. The Hall–Kier alpha value is -2.77. The van der Waals surface area contributed by atoms with E-state index >= 15 is 0 Å². The van der Waals surface area contributed by atoms with Crippen molar-refractivity contribution in [2.75, 3.05) is 0 Å². The zero-order valence-electron chi connectivity index (χ0n) is 14.8. The quantitative estimate of drug-likeness (QED) is 0.356. The molecule has 0 bridgehead atoms. The summed E-state index contributed by atoms with van der Waals surface area (Å²) in [4.78, 5) is 9.85. The molecule has 0 unspecified atom stereocenters. The molecule has 0 atom stereocenters. The maximum absolute atomic E-state index is 12.9. The fourth-order valence-corrected chi connectivity index (χ4v) is 2.93. The highest BCUT2D eigenvalue weighted by molar-refractivity contribution is 7.98. The highest BCUT2D eigenvalue weighted by Crippen LogP contribution is 2.19. The third-order valence-corrected chi connectivity index (χ3v) is 4.54. The number of thioether (sulfide) groups is 1. The van der Waals surface area contributed by atoms with Gasteiger partial charge < -0.3 is 0 Å². The molecule has 0 fully saturated rings. The van der Waals surface area contributed by atoms with Gasteiger partial charge in [-0.25, -0.2) is 9.37 Å². The molecule has 138 valence electrons. The SMILES string of the molecule is Cc1nnc(SCc2ccccc2)nc1/C=C/NOCc1ccc(F)cc1. The molecule has 1 aromatic heterocycles. The van der Waals surface area contributed by atoms with Crippen LogP contribution < -0.4 is 5.48 Å². The van der Waals surface area contributed by atoms with Gasteiger partial charge >= 0.3 is 0 Å². The van der Waals surface area contributed by atoms with E-state index in [4.69, 9.17) is 4.84 Å². The van der Waals surface area contributed by atoms with Gasteiger partial charge in [-0.05, 0) is 36.3 Å². The summed E-state index contributed by atoms with van der Waals surface area (Å²) in [6, 6.07) is 16.3. The van der Waals surface area contributed by atoms with Crippen LogP contribution in [-0.4, -0.2) is 15.2 Å². The van der Waals surface area contributed by atoms with Crippen molar-refractivity contribution < 1.29 is 9.23 Å². The Morgan fingerprint density at radius 2 is 1.81 bits per heavy atom. The van der Waals surface area contributed by atoms with Crippen LogP contribution in [0.4, 0.5) is 4.39 Å². The van der Waals surface area contributed by atoms with Crippen molar-refractivity contribution in [1.29, 1.82) is 0 Å². The largest absolute Gasteiger partial charge is 0.274 e. The van der Waals surface area contributed by atoms with Crippen LogP contribution in [0.15, 0.2) is 66.0 Å². The number of hydroxylamine groups is 1. The standard InChI is InChI=1S/C20H19FN4OS/c1-15-19(11-12-22-26-13-16-7-9-18(21)10-8-16)23-20(25-24-15)27-14-17-5-3-2-4-6-17/h2-12,22H,13-14H2,1H3/b12-11+. The van der Waals surface area contributed by atoms with E-state index in [1.807, 2.05) is 25.1 Å². The molecular weight excluding hydrogens is 363 g/mol. The molecule has 3 aromatic rings. The molecule has 2 aromatic carbocycles. The van der Waals surface area contributed by atoms with Crippen LogP contribution in [0, 0.1) is 12.7 Å². The van der Waals surface area contributed by atoms with Crippen LogP contribution in [0.1, 0.15) is 22.5 Å². The molecule has 5 nitrogen and oxygen atoms in total. The molecule has 1 heterocycles. The summed E-state index contributed by atoms with van der Waals surface area (Å²) in [7, 11) is 0. The summed E-state index contributed by atoms with van der Waals surface area (Å²) in [5, 5.41) is 8.91. The predicted molar refractivity (Wildman–Crippen MR) is 104 cm³/mol. The van der Waals surface area contributed by atoms with E-state index in [9.17, 15) is 4.39 Å². The zero-order chi connectivity index (χ0) is 18.9. The molecular formula is C20H19FN4OS. The Labute approximate surface area is 161 Å². The minimum atomic E-state index is -0.265. The minimum absolute atomic E-state index is 0.265. The van der Waals surface area contributed by atoms with E-state index < -0.39 is 0 Å². The number of benzene rings is 2. The molecule has 0 aliphatic rings. The third kappa shape index (κ3) is 6.16. The van der Waals surface area contributed by atoms with Crippen LogP contribution in [0.25, 0.3) is 6.08 Å². The lowest BCUT2D eigenvalue weighted by molar-refractivity contribution is 0.0581. The van der Waals surface area contributed by atoms with E-state index in [1.165, 1.54) is 29.5 Å². The van der Waals surface area contributed by atoms with Crippen molar-refractivity contribution in [2.24, 2.45) is 0 Å². The predicted octanol–water partition coefficient (Wildman–Crippen LogP) is 4.30. The van der Waals surface area contributed by atoms with Gasteiger partial charge in [-0.1, -0.05) is 54.2 Å². The molecule has 0 saturated carbocycles. The van der Waals surface area contributed by atoms with Gasteiger partial charge in [-0.15, -0.1) is 5.10 Å². The molecule has 0 aliphatic carbocycles. The van der Waals surface area contributed by atoms with Crippen LogP contribution in [0.2, 0.25) is 0 Å². The molecule has 0 amide bonds. The Balaban J connectivity index is 1.51. The van der Waals surface area contributed by atoms with E-state index in [0.717, 1.165) is 22.7 Å². The molecule has 3 rings (SSSR count). The second-order valence-corrected chi connectivity index (χ2v) is 6.65. The monoisotopic (exact) mass is 382 g/mol. The van der Waals surface area contributed by atoms with Crippen molar-refractivity contribution in [3.63, 3.8) is 0 Å². The molecule has 0 spiro atoms. The highest BCUT2D eigenvalue weighted by atomic mass is 32.2. The lowest BCUT2D eigenvalue weighted by atomic mass is 10.2. The first-order valence-electron chi connectivity index (χ1n) is 8.37. The molecule has 0 saturated heterocycles. The van der Waals surface area contributed by atoms with Crippen LogP contribution in [-0.2, 0) is 17.2 Å². The van der Waals surface area contributed by atoms with Crippen molar-refractivity contribution in [1.82, 2.24) is 20.7 Å². The first-order valence-corrected chi connectivity index (χ1v) is 9.35. The lowest BCUT2D eigenvalue weighted by Crippen LogP contribution is -2.06. The van der Waals surface area contributed by atoms with Gasteiger partial charge in [0, 0.05) is 12.0 Å². The normalized spacial score (nSPS) is 11.0. The van der Waals surface area contributed by atoms with Crippen molar-refractivity contribution in [3.05, 3.63) is 89.1 Å². The summed E-state index contributed by atoms with van der Waals surface area (Å²) in [6.45, 7) is 2.18. The third-order valence-electron chi connectivity index (χ3n) is 3.63. The summed E-state index contributed by atoms with van der Waals surface area (Å²) in [6.07, 6.45) is 3.42. The van der Waals surface area contributed by atoms with E-state index in [1.54, 1.807) is 24.4 Å². The first kappa shape index (κ1) is 19.0. The van der Waals surface area contributed by atoms with Crippen LogP contribution >= 0.6 is 11.8 Å². The topological polar surface area (TPSA) is 59.9 Å². The van der Waals surface area contributed by atoms with Gasteiger partial charge in [0.2, 0.25) is 5.16 Å². The zero-order valence-corrected chi connectivity index (χ0v) is 15.6. The summed E-state index contributed by atoms with van der Waals surface area (Å²) in [5.41, 5.74) is 6.27. The number of rotatable bonds is 8. The van der Waals surface area contributed by atoms with E-state index in [-0.39, 0.29) is 5.82 Å². The van der Waals surface area contributed by atoms with Crippen molar-refractivity contribution >= 4 is 17.8 Å². The van der Waals surface area contributed by atoms with E-state index in [0.29, 0.717) is 11.8 Å². The van der Waals surface area contributed by atoms with Gasteiger partial charge in [-0.3, -0.25) is 10.3 Å². The fourth-order valence-electron chi connectivity index (χ4n) is 2.18. The number of aryl methyl sites for hydroxylation is 1. The van der Waals surface area contributed by atoms with E-state index in [2.05, 4.69) is 32.8 Å². The lowest BCUT2D eigenvalue weighted by Gasteiger charge is -2.04.